The number of benzene rings is 2. The number of para-hydroxylation sites is 1. The van der Waals surface area contributed by atoms with Crippen LogP contribution in [0.4, 0.5) is 11.4 Å². The molecule has 0 radical (unpaired) electrons. The van der Waals surface area contributed by atoms with E-state index in [9.17, 15) is 9.59 Å². The smallest absolute Gasteiger partial charge is 0.237 e. The van der Waals surface area contributed by atoms with Gasteiger partial charge in [0.15, 0.2) is 16.8 Å². The van der Waals surface area contributed by atoms with Crippen molar-refractivity contribution in [1.82, 2.24) is 14.8 Å². The largest absolute Gasteiger partial charge is 0.377 e. The number of carbonyl (C=O) groups excluding carboxylic acids is 2. The van der Waals surface area contributed by atoms with Crippen LogP contribution in [0.25, 0.3) is 0 Å². The second kappa shape index (κ2) is 10.5. The van der Waals surface area contributed by atoms with Crippen molar-refractivity contribution in [3.05, 3.63) is 64.9 Å². The lowest BCUT2D eigenvalue weighted by Gasteiger charge is -2.13. The number of halogens is 1. The van der Waals surface area contributed by atoms with E-state index in [-0.39, 0.29) is 16.9 Å². The van der Waals surface area contributed by atoms with E-state index in [4.69, 9.17) is 11.6 Å². The number of nitrogens with zero attached hydrogens (tertiary/aromatic N) is 3. The van der Waals surface area contributed by atoms with Gasteiger partial charge in [0.25, 0.3) is 0 Å². The monoisotopic (exact) mass is 457 g/mol. The Bertz CT molecular complexity index is 1070. The van der Waals surface area contributed by atoms with Gasteiger partial charge in [0, 0.05) is 17.8 Å². The van der Waals surface area contributed by atoms with Gasteiger partial charge < -0.3 is 15.2 Å². The van der Waals surface area contributed by atoms with Gasteiger partial charge in [-0.15, -0.1) is 10.2 Å². The Hall–Kier alpha value is -2.84. The Morgan fingerprint density at radius 2 is 1.84 bits per heavy atom. The topological polar surface area (TPSA) is 88.9 Å². The minimum atomic E-state index is -0.383. The number of ketones is 1. The molecule has 0 saturated carbocycles. The number of anilines is 2. The molecule has 1 amide bonds. The molecule has 0 aliphatic rings. The highest BCUT2D eigenvalue weighted by atomic mass is 35.5. The fourth-order valence-corrected chi connectivity index (χ4v) is 4.01. The van der Waals surface area contributed by atoms with Gasteiger partial charge in [0.2, 0.25) is 5.91 Å². The van der Waals surface area contributed by atoms with Crippen molar-refractivity contribution in [2.24, 2.45) is 0 Å². The maximum Gasteiger partial charge on any atom is 0.237 e. The molecule has 1 atom stereocenters. The Morgan fingerprint density at radius 3 is 2.48 bits per heavy atom. The molecule has 0 saturated heterocycles. The van der Waals surface area contributed by atoms with E-state index in [0.717, 1.165) is 11.5 Å². The number of aromatic nitrogens is 3. The summed E-state index contributed by atoms with van der Waals surface area (Å²) < 4.78 is 1.97. The minimum absolute atomic E-state index is 0.0134. The molecule has 9 heteroatoms. The number of amides is 1. The molecule has 2 aromatic carbocycles. The van der Waals surface area contributed by atoms with Gasteiger partial charge in [-0.2, -0.15) is 0 Å². The van der Waals surface area contributed by atoms with Crippen LogP contribution in [0.2, 0.25) is 5.02 Å². The van der Waals surface area contributed by atoms with E-state index in [2.05, 4.69) is 20.8 Å². The summed E-state index contributed by atoms with van der Waals surface area (Å²) in [4.78, 5) is 24.0. The van der Waals surface area contributed by atoms with Crippen LogP contribution in [0.5, 0.6) is 0 Å². The van der Waals surface area contributed by atoms with Crippen molar-refractivity contribution in [2.45, 2.75) is 44.3 Å². The summed E-state index contributed by atoms with van der Waals surface area (Å²) in [6, 6.07) is 14.3. The SMILES string of the molecule is CCn1c(CNc2ccccc2Cl)nnc1SC(C)C(=O)Nc1ccc(C(C)=O)cc1. The Morgan fingerprint density at radius 1 is 1.13 bits per heavy atom. The zero-order chi connectivity index (χ0) is 22.4. The van der Waals surface area contributed by atoms with Crippen molar-refractivity contribution in [3.8, 4) is 0 Å². The standard InChI is InChI=1S/C22H24ClN5O2S/c1-4-28-20(13-24-19-8-6-5-7-18(19)23)26-27-22(28)31-15(3)21(30)25-17-11-9-16(10-12-17)14(2)29/h5-12,15,24H,4,13H2,1-3H3,(H,25,30). The molecule has 162 valence electrons. The van der Waals surface area contributed by atoms with Gasteiger partial charge in [0.05, 0.1) is 22.5 Å². The normalized spacial score (nSPS) is 11.7. The molecule has 31 heavy (non-hydrogen) atoms. The summed E-state index contributed by atoms with van der Waals surface area (Å²) in [5.41, 5.74) is 2.07. The first-order valence-electron chi connectivity index (χ1n) is 9.88. The van der Waals surface area contributed by atoms with Crippen molar-refractivity contribution in [2.75, 3.05) is 10.6 Å². The Balaban J connectivity index is 1.62. The van der Waals surface area contributed by atoms with Crippen LogP contribution in [0.15, 0.2) is 53.7 Å². The Labute approximate surface area is 190 Å². The summed E-state index contributed by atoms with van der Waals surface area (Å²) in [5.74, 6) is 0.597. The third-order valence-electron chi connectivity index (χ3n) is 4.63. The molecular weight excluding hydrogens is 434 g/mol. The van der Waals surface area contributed by atoms with Crippen LogP contribution in [-0.4, -0.2) is 31.7 Å². The summed E-state index contributed by atoms with van der Waals surface area (Å²) in [6.07, 6.45) is 0. The molecule has 1 heterocycles. The van der Waals surface area contributed by atoms with Gasteiger partial charge in [0.1, 0.15) is 0 Å². The molecule has 0 aliphatic heterocycles. The predicted octanol–water partition coefficient (Wildman–Crippen LogP) is 4.89. The average molecular weight is 458 g/mol. The molecule has 0 spiro atoms. The molecule has 2 N–H and O–H groups in total. The quantitative estimate of drug-likeness (QED) is 0.351. The van der Waals surface area contributed by atoms with Crippen LogP contribution in [0, 0.1) is 0 Å². The van der Waals surface area contributed by atoms with Gasteiger partial charge >= 0.3 is 0 Å². The number of Topliss-reactive ketones (excluding diaryl/α,β-unsaturated/α-hetero) is 1. The first-order valence-corrected chi connectivity index (χ1v) is 11.1. The van der Waals surface area contributed by atoms with Gasteiger partial charge in [-0.3, -0.25) is 9.59 Å². The molecule has 7 nitrogen and oxygen atoms in total. The highest BCUT2D eigenvalue weighted by molar-refractivity contribution is 8.00. The summed E-state index contributed by atoms with van der Waals surface area (Å²) in [6.45, 7) is 6.48. The second-order valence-electron chi connectivity index (χ2n) is 6.86. The third kappa shape index (κ3) is 5.86. The van der Waals surface area contributed by atoms with E-state index in [1.165, 1.54) is 18.7 Å². The van der Waals surface area contributed by atoms with E-state index < -0.39 is 0 Å². The number of hydrogen-bond acceptors (Lipinski definition) is 6. The van der Waals surface area contributed by atoms with Crippen molar-refractivity contribution in [1.29, 1.82) is 0 Å². The number of nitrogens with one attached hydrogen (secondary N) is 2. The van der Waals surface area contributed by atoms with Crippen LogP contribution < -0.4 is 10.6 Å². The van der Waals surface area contributed by atoms with E-state index in [1.54, 1.807) is 24.3 Å². The maximum absolute atomic E-state index is 12.6. The summed E-state index contributed by atoms with van der Waals surface area (Å²) in [5, 5.41) is 15.6. The average Bonchev–Trinajstić information content (AvgIpc) is 3.14. The van der Waals surface area contributed by atoms with Gasteiger partial charge in [-0.05, 0) is 57.2 Å². The fourth-order valence-electron chi connectivity index (χ4n) is 2.88. The van der Waals surface area contributed by atoms with Crippen LogP contribution in [0.1, 0.15) is 37.0 Å². The van der Waals surface area contributed by atoms with Gasteiger partial charge in [-0.1, -0.05) is 35.5 Å². The maximum atomic E-state index is 12.6. The second-order valence-corrected chi connectivity index (χ2v) is 8.57. The molecule has 0 aliphatic carbocycles. The Kier molecular flexibility index (Phi) is 7.70. The molecule has 3 aromatic rings. The predicted molar refractivity (Wildman–Crippen MR) is 125 cm³/mol. The van der Waals surface area contributed by atoms with E-state index >= 15 is 0 Å². The highest BCUT2D eigenvalue weighted by Gasteiger charge is 2.20. The zero-order valence-electron chi connectivity index (χ0n) is 17.6. The van der Waals surface area contributed by atoms with Crippen molar-refractivity contribution in [3.63, 3.8) is 0 Å². The number of thioether (sulfide) groups is 1. The first kappa shape index (κ1) is 22.8. The molecule has 1 aromatic heterocycles. The van der Waals surface area contributed by atoms with E-state index in [1.807, 2.05) is 42.7 Å². The number of carbonyl (C=O) groups is 2. The number of hydrogen-bond donors (Lipinski definition) is 2. The lowest BCUT2D eigenvalue weighted by Crippen LogP contribution is -2.23. The molecule has 3 rings (SSSR count). The lowest BCUT2D eigenvalue weighted by atomic mass is 10.1. The lowest BCUT2D eigenvalue weighted by molar-refractivity contribution is -0.115. The molecule has 0 fully saturated rings. The van der Waals surface area contributed by atoms with Crippen LogP contribution >= 0.6 is 23.4 Å². The molecular formula is C22H24ClN5O2S. The molecule has 1 unspecified atom stereocenters. The van der Waals surface area contributed by atoms with Gasteiger partial charge in [-0.25, -0.2) is 0 Å². The number of rotatable bonds is 9. The minimum Gasteiger partial charge on any atom is -0.377 e. The first-order chi connectivity index (χ1) is 14.9. The highest BCUT2D eigenvalue weighted by Crippen LogP contribution is 2.25. The van der Waals surface area contributed by atoms with E-state index in [0.29, 0.717) is 34.5 Å². The van der Waals surface area contributed by atoms with Crippen LogP contribution in [-0.2, 0) is 17.9 Å². The third-order valence-corrected chi connectivity index (χ3v) is 6.04. The summed E-state index contributed by atoms with van der Waals surface area (Å²) >= 11 is 7.54. The van der Waals surface area contributed by atoms with Crippen LogP contribution in [0.3, 0.4) is 0 Å². The fraction of sp³-hybridized carbons (Fsp3) is 0.273. The van der Waals surface area contributed by atoms with Crippen molar-refractivity contribution >= 4 is 46.4 Å². The zero-order valence-corrected chi connectivity index (χ0v) is 19.1. The summed E-state index contributed by atoms with van der Waals surface area (Å²) in [7, 11) is 0. The molecule has 0 bridgehead atoms. The van der Waals surface area contributed by atoms with Crippen molar-refractivity contribution < 1.29 is 9.59 Å².